The second kappa shape index (κ2) is 9.49. The fourth-order valence-corrected chi connectivity index (χ4v) is 3.57. The SMILES string of the molecule is CCNC(=O)Nc1ccc(C(=O)Nc2ccc(Cl)c(-c3nccc4ccccc34)c2)cc1. The lowest BCUT2D eigenvalue weighted by atomic mass is 10.0. The van der Waals surface area contributed by atoms with E-state index in [2.05, 4.69) is 20.9 Å². The molecule has 0 atom stereocenters. The number of anilines is 2. The third-order valence-electron chi connectivity index (χ3n) is 4.90. The summed E-state index contributed by atoms with van der Waals surface area (Å²) in [7, 11) is 0. The van der Waals surface area contributed by atoms with E-state index in [0.29, 0.717) is 28.5 Å². The van der Waals surface area contributed by atoms with Crippen LogP contribution in [-0.2, 0) is 0 Å². The number of rotatable bonds is 5. The number of nitrogens with one attached hydrogen (secondary N) is 3. The Bertz CT molecular complexity index is 1280. The fourth-order valence-electron chi connectivity index (χ4n) is 3.36. The number of benzene rings is 3. The summed E-state index contributed by atoms with van der Waals surface area (Å²) in [6.07, 6.45) is 1.75. The molecule has 1 heterocycles. The molecule has 0 aliphatic heterocycles. The van der Waals surface area contributed by atoms with Crippen LogP contribution in [0, 0.1) is 0 Å². The Hall–Kier alpha value is -3.90. The topological polar surface area (TPSA) is 83.1 Å². The standard InChI is InChI=1S/C25H21ClN4O2/c1-2-27-25(32)30-18-9-7-17(8-10-18)24(31)29-19-11-12-22(26)21(15-19)23-20-6-4-3-5-16(20)13-14-28-23/h3-15H,2H2,1H3,(H,29,31)(H2,27,30,32). The van der Waals surface area contributed by atoms with Crippen molar-refractivity contribution >= 4 is 45.7 Å². The molecule has 3 N–H and O–H groups in total. The van der Waals surface area contributed by atoms with E-state index in [1.807, 2.05) is 43.3 Å². The van der Waals surface area contributed by atoms with Gasteiger partial charge < -0.3 is 16.0 Å². The molecule has 3 aromatic carbocycles. The largest absolute Gasteiger partial charge is 0.338 e. The zero-order chi connectivity index (χ0) is 22.5. The van der Waals surface area contributed by atoms with Gasteiger partial charge in [-0.1, -0.05) is 35.9 Å². The van der Waals surface area contributed by atoms with Crippen LogP contribution in [0.25, 0.3) is 22.0 Å². The van der Waals surface area contributed by atoms with E-state index in [9.17, 15) is 9.59 Å². The summed E-state index contributed by atoms with van der Waals surface area (Å²) in [6.45, 7) is 2.37. The monoisotopic (exact) mass is 444 g/mol. The van der Waals surface area contributed by atoms with Crippen molar-refractivity contribution in [1.82, 2.24) is 10.3 Å². The molecule has 0 saturated carbocycles. The third kappa shape index (κ3) is 4.71. The molecule has 1 aromatic heterocycles. The number of amides is 3. The minimum atomic E-state index is -0.291. The Morgan fingerprint density at radius 3 is 2.44 bits per heavy atom. The second-order valence-electron chi connectivity index (χ2n) is 7.09. The third-order valence-corrected chi connectivity index (χ3v) is 5.22. The number of nitrogens with zero attached hydrogens (tertiary/aromatic N) is 1. The molecule has 0 fully saturated rings. The molecular formula is C25H21ClN4O2. The van der Waals surface area contributed by atoms with Gasteiger partial charge in [-0.25, -0.2) is 4.79 Å². The highest BCUT2D eigenvalue weighted by atomic mass is 35.5. The van der Waals surface area contributed by atoms with Crippen molar-refractivity contribution in [1.29, 1.82) is 0 Å². The van der Waals surface area contributed by atoms with Crippen LogP contribution in [0.4, 0.5) is 16.2 Å². The summed E-state index contributed by atoms with van der Waals surface area (Å²) in [5, 5.41) is 10.8. The van der Waals surface area contributed by atoms with Crippen LogP contribution in [0.2, 0.25) is 5.02 Å². The summed E-state index contributed by atoms with van der Waals surface area (Å²) >= 11 is 6.47. The molecule has 7 heteroatoms. The van der Waals surface area contributed by atoms with E-state index in [0.717, 1.165) is 22.0 Å². The normalized spacial score (nSPS) is 10.6. The van der Waals surface area contributed by atoms with Gasteiger partial charge in [0.25, 0.3) is 5.91 Å². The van der Waals surface area contributed by atoms with Crippen molar-refractivity contribution in [3.8, 4) is 11.3 Å². The lowest BCUT2D eigenvalue weighted by molar-refractivity contribution is 0.102. The number of fused-ring (bicyclic) bond motifs is 1. The quantitative estimate of drug-likeness (QED) is 0.355. The number of halogens is 1. The van der Waals surface area contributed by atoms with Crippen LogP contribution in [0.5, 0.6) is 0 Å². The molecule has 0 aliphatic rings. The van der Waals surface area contributed by atoms with Gasteiger partial charge in [0.15, 0.2) is 0 Å². The van der Waals surface area contributed by atoms with Gasteiger partial charge in [-0.15, -0.1) is 0 Å². The van der Waals surface area contributed by atoms with Crippen LogP contribution < -0.4 is 16.0 Å². The van der Waals surface area contributed by atoms with E-state index in [1.165, 1.54) is 0 Å². The van der Waals surface area contributed by atoms with Crippen molar-refractivity contribution in [2.75, 3.05) is 17.2 Å². The number of hydrogen-bond donors (Lipinski definition) is 3. The van der Waals surface area contributed by atoms with E-state index in [4.69, 9.17) is 11.6 Å². The number of pyridine rings is 1. The highest BCUT2D eigenvalue weighted by molar-refractivity contribution is 6.33. The Labute approximate surface area is 190 Å². The highest BCUT2D eigenvalue weighted by Gasteiger charge is 2.12. The maximum absolute atomic E-state index is 12.7. The minimum absolute atomic E-state index is 0.270. The Kier molecular flexibility index (Phi) is 6.33. The van der Waals surface area contributed by atoms with Crippen molar-refractivity contribution < 1.29 is 9.59 Å². The molecule has 0 unspecified atom stereocenters. The molecule has 0 spiro atoms. The van der Waals surface area contributed by atoms with Crippen LogP contribution >= 0.6 is 11.6 Å². The summed E-state index contributed by atoms with van der Waals surface area (Å²) in [5.41, 5.74) is 3.16. The average Bonchev–Trinajstić information content (AvgIpc) is 2.80. The Morgan fingerprint density at radius 1 is 0.906 bits per heavy atom. The first-order valence-electron chi connectivity index (χ1n) is 10.1. The summed E-state index contributed by atoms with van der Waals surface area (Å²) < 4.78 is 0. The first kappa shape index (κ1) is 21.3. The lowest BCUT2D eigenvalue weighted by Crippen LogP contribution is -2.28. The minimum Gasteiger partial charge on any atom is -0.338 e. The summed E-state index contributed by atoms with van der Waals surface area (Å²) in [4.78, 5) is 28.9. The summed E-state index contributed by atoms with van der Waals surface area (Å²) in [5.74, 6) is -0.270. The predicted octanol–water partition coefficient (Wildman–Crippen LogP) is 5.95. The van der Waals surface area contributed by atoms with Crippen LogP contribution in [-0.4, -0.2) is 23.5 Å². The van der Waals surface area contributed by atoms with Gasteiger partial charge in [0.1, 0.15) is 0 Å². The maximum atomic E-state index is 12.7. The van der Waals surface area contributed by atoms with Gasteiger partial charge in [0.05, 0.1) is 10.7 Å². The van der Waals surface area contributed by atoms with Crippen LogP contribution in [0.15, 0.2) is 79.0 Å². The van der Waals surface area contributed by atoms with Gasteiger partial charge in [-0.2, -0.15) is 0 Å². The number of carbonyl (C=O) groups is 2. The smallest absolute Gasteiger partial charge is 0.319 e. The lowest BCUT2D eigenvalue weighted by Gasteiger charge is -2.11. The zero-order valence-electron chi connectivity index (χ0n) is 17.4. The second-order valence-corrected chi connectivity index (χ2v) is 7.50. The highest BCUT2D eigenvalue weighted by Crippen LogP contribution is 2.33. The van der Waals surface area contributed by atoms with Gasteiger partial charge in [0, 0.05) is 40.6 Å². The van der Waals surface area contributed by atoms with Crippen molar-refractivity contribution in [2.24, 2.45) is 0 Å². The Balaban J connectivity index is 1.55. The molecule has 3 amide bonds. The molecule has 0 aliphatic carbocycles. The number of aromatic nitrogens is 1. The number of hydrogen-bond acceptors (Lipinski definition) is 3. The Morgan fingerprint density at radius 2 is 1.66 bits per heavy atom. The molecule has 4 aromatic rings. The molecule has 0 bridgehead atoms. The van der Waals surface area contributed by atoms with E-state index >= 15 is 0 Å². The maximum Gasteiger partial charge on any atom is 0.319 e. The van der Waals surface area contributed by atoms with Gasteiger partial charge >= 0.3 is 6.03 Å². The summed E-state index contributed by atoms with van der Waals surface area (Å²) in [6, 6.07) is 21.6. The molecule has 32 heavy (non-hydrogen) atoms. The van der Waals surface area contributed by atoms with Crippen LogP contribution in [0.1, 0.15) is 17.3 Å². The molecule has 0 saturated heterocycles. The van der Waals surface area contributed by atoms with Crippen molar-refractivity contribution in [3.63, 3.8) is 0 Å². The molecule has 160 valence electrons. The molecule has 6 nitrogen and oxygen atoms in total. The van der Waals surface area contributed by atoms with Gasteiger partial charge in [-0.3, -0.25) is 9.78 Å². The zero-order valence-corrected chi connectivity index (χ0v) is 18.1. The van der Waals surface area contributed by atoms with Crippen molar-refractivity contribution in [2.45, 2.75) is 6.92 Å². The first-order valence-corrected chi connectivity index (χ1v) is 10.5. The number of urea groups is 1. The van der Waals surface area contributed by atoms with Crippen LogP contribution in [0.3, 0.4) is 0 Å². The van der Waals surface area contributed by atoms with Crippen molar-refractivity contribution in [3.05, 3.63) is 89.6 Å². The molecule has 0 radical (unpaired) electrons. The van der Waals surface area contributed by atoms with Gasteiger partial charge in [-0.05, 0) is 60.8 Å². The molecular weight excluding hydrogens is 424 g/mol. The average molecular weight is 445 g/mol. The molecule has 4 rings (SSSR count). The van der Waals surface area contributed by atoms with E-state index in [-0.39, 0.29) is 11.9 Å². The fraction of sp³-hybridized carbons (Fsp3) is 0.0800. The van der Waals surface area contributed by atoms with Gasteiger partial charge in [0.2, 0.25) is 0 Å². The number of carbonyl (C=O) groups excluding carboxylic acids is 2. The van der Waals surface area contributed by atoms with E-state index in [1.54, 1.807) is 42.6 Å². The first-order chi connectivity index (χ1) is 15.5. The predicted molar refractivity (Wildman–Crippen MR) is 129 cm³/mol. The van der Waals surface area contributed by atoms with E-state index < -0.39 is 0 Å².